The second kappa shape index (κ2) is 5.83. The maximum absolute atomic E-state index is 11.4. The fraction of sp³-hybridized carbons (Fsp3) is 0.923. The number of hydrogen-bond donors (Lipinski definition) is 1. The van der Waals surface area contributed by atoms with E-state index in [1.807, 2.05) is 13.8 Å². The number of methoxy groups -OCH3 is 1. The molecule has 1 N–H and O–H groups in total. The van der Waals surface area contributed by atoms with Gasteiger partial charge in [0, 0.05) is 18.1 Å². The lowest BCUT2D eigenvalue weighted by atomic mass is 9.75. The Morgan fingerprint density at radius 3 is 2.35 bits per heavy atom. The maximum atomic E-state index is 11.4. The minimum Gasteiger partial charge on any atom is -0.469 e. The quantitative estimate of drug-likeness (QED) is 0.712. The van der Waals surface area contributed by atoms with E-state index in [4.69, 9.17) is 4.74 Å². The number of hydrogen-bond acceptors (Lipinski definition) is 4. The summed E-state index contributed by atoms with van der Waals surface area (Å²) in [6, 6.07) is 0.153. The van der Waals surface area contributed by atoms with E-state index in [2.05, 4.69) is 24.3 Å². The molecule has 100 valence electrons. The van der Waals surface area contributed by atoms with Crippen LogP contribution in [0.3, 0.4) is 0 Å². The lowest BCUT2D eigenvalue weighted by Gasteiger charge is -2.48. The molecule has 1 aliphatic rings. The molecule has 1 fully saturated rings. The van der Waals surface area contributed by atoms with Crippen LogP contribution in [0.15, 0.2) is 0 Å². The van der Waals surface area contributed by atoms with Crippen LogP contribution >= 0.6 is 0 Å². The van der Waals surface area contributed by atoms with Gasteiger partial charge in [0.2, 0.25) is 0 Å². The predicted molar refractivity (Wildman–Crippen MR) is 68.9 cm³/mol. The molecule has 0 aliphatic heterocycles. The van der Waals surface area contributed by atoms with E-state index in [9.17, 15) is 4.79 Å². The predicted octanol–water partition coefficient (Wildman–Crippen LogP) is 1.26. The zero-order valence-corrected chi connectivity index (χ0v) is 11.7. The van der Waals surface area contributed by atoms with Crippen molar-refractivity contribution < 1.29 is 9.53 Å². The van der Waals surface area contributed by atoms with Crippen LogP contribution in [0.1, 0.15) is 33.1 Å². The molecular formula is C13H26N2O2. The van der Waals surface area contributed by atoms with Crippen LogP contribution in [0, 0.1) is 5.92 Å². The zero-order chi connectivity index (χ0) is 13.1. The molecule has 4 heteroatoms. The fourth-order valence-corrected chi connectivity index (χ4v) is 2.28. The van der Waals surface area contributed by atoms with Gasteiger partial charge in [0.15, 0.2) is 0 Å². The first-order valence-corrected chi connectivity index (χ1v) is 6.41. The maximum Gasteiger partial charge on any atom is 0.309 e. The molecule has 0 aromatic carbocycles. The minimum absolute atomic E-state index is 0.0979. The van der Waals surface area contributed by atoms with E-state index < -0.39 is 0 Å². The van der Waals surface area contributed by atoms with Crippen molar-refractivity contribution in [1.82, 2.24) is 10.2 Å². The van der Waals surface area contributed by atoms with Gasteiger partial charge < -0.3 is 15.0 Å². The number of rotatable bonds is 6. The van der Waals surface area contributed by atoms with Gasteiger partial charge in [0.1, 0.15) is 0 Å². The first kappa shape index (κ1) is 14.5. The number of nitrogens with zero attached hydrogens (tertiary/aromatic N) is 1. The van der Waals surface area contributed by atoms with Crippen molar-refractivity contribution in [1.29, 1.82) is 0 Å². The van der Waals surface area contributed by atoms with Gasteiger partial charge in [-0.25, -0.2) is 0 Å². The van der Waals surface area contributed by atoms with Crippen molar-refractivity contribution in [2.45, 2.75) is 44.7 Å². The van der Waals surface area contributed by atoms with E-state index in [-0.39, 0.29) is 17.9 Å². The number of carbonyl (C=O) groups excluding carboxylic acids is 1. The highest BCUT2D eigenvalue weighted by molar-refractivity contribution is 5.72. The molecule has 2 atom stereocenters. The topological polar surface area (TPSA) is 41.6 Å². The second-order valence-corrected chi connectivity index (χ2v) is 5.45. The Labute approximate surface area is 105 Å². The lowest BCUT2D eigenvalue weighted by Crippen LogP contribution is -2.58. The lowest BCUT2D eigenvalue weighted by molar-refractivity contribution is -0.145. The third-order valence-corrected chi connectivity index (χ3v) is 4.31. The molecule has 0 heterocycles. The minimum atomic E-state index is -0.141. The summed E-state index contributed by atoms with van der Waals surface area (Å²) >= 11 is 0. The van der Waals surface area contributed by atoms with Gasteiger partial charge in [0.05, 0.1) is 13.0 Å². The molecule has 1 saturated carbocycles. The zero-order valence-electron chi connectivity index (χ0n) is 11.7. The van der Waals surface area contributed by atoms with Crippen LogP contribution in [-0.2, 0) is 9.53 Å². The first-order valence-electron chi connectivity index (χ1n) is 6.41. The summed E-state index contributed by atoms with van der Waals surface area (Å²) in [6.07, 6.45) is 3.79. The Balaban J connectivity index is 2.42. The van der Waals surface area contributed by atoms with E-state index in [0.29, 0.717) is 5.54 Å². The van der Waals surface area contributed by atoms with Crippen molar-refractivity contribution in [2.24, 2.45) is 5.92 Å². The monoisotopic (exact) mass is 242 g/mol. The average Bonchev–Trinajstić information content (AvgIpc) is 2.24. The van der Waals surface area contributed by atoms with Crippen LogP contribution < -0.4 is 5.32 Å². The van der Waals surface area contributed by atoms with Crippen LogP contribution in [0.25, 0.3) is 0 Å². The highest BCUT2D eigenvalue weighted by Gasteiger charge is 2.39. The van der Waals surface area contributed by atoms with E-state index in [1.54, 1.807) is 0 Å². The van der Waals surface area contributed by atoms with Gasteiger partial charge in [-0.15, -0.1) is 0 Å². The normalized spacial score (nSPS) is 21.8. The molecule has 17 heavy (non-hydrogen) atoms. The van der Waals surface area contributed by atoms with Gasteiger partial charge in [-0.05, 0) is 40.3 Å². The first-order chi connectivity index (χ1) is 7.93. The Bertz CT molecular complexity index is 262. The van der Waals surface area contributed by atoms with Crippen LogP contribution in [0.2, 0.25) is 0 Å². The van der Waals surface area contributed by atoms with Gasteiger partial charge in [-0.3, -0.25) is 4.79 Å². The summed E-state index contributed by atoms with van der Waals surface area (Å²) in [4.78, 5) is 13.7. The molecular weight excluding hydrogens is 216 g/mol. The molecule has 1 rings (SSSR count). The van der Waals surface area contributed by atoms with Gasteiger partial charge in [-0.1, -0.05) is 6.92 Å². The number of nitrogens with one attached hydrogen (secondary N) is 1. The number of likely N-dealkylation sites (N-methyl/N-ethyl adjacent to an activating group) is 1. The van der Waals surface area contributed by atoms with Crippen molar-refractivity contribution >= 4 is 5.97 Å². The van der Waals surface area contributed by atoms with Crippen LogP contribution in [0.5, 0.6) is 0 Å². The van der Waals surface area contributed by atoms with Crippen molar-refractivity contribution in [2.75, 3.05) is 27.7 Å². The highest BCUT2D eigenvalue weighted by atomic mass is 16.5. The largest absolute Gasteiger partial charge is 0.469 e. The second-order valence-electron chi connectivity index (χ2n) is 5.45. The van der Waals surface area contributed by atoms with Crippen molar-refractivity contribution in [3.8, 4) is 0 Å². The van der Waals surface area contributed by atoms with E-state index in [0.717, 1.165) is 6.54 Å². The number of carbonyl (C=O) groups is 1. The smallest absolute Gasteiger partial charge is 0.309 e. The van der Waals surface area contributed by atoms with Gasteiger partial charge in [0.25, 0.3) is 0 Å². The summed E-state index contributed by atoms with van der Waals surface area (Å²) in [5.41, 5.74) is 0.296. The highest BCUT2D eigenvalue weighted by Crippen LogP contribution is 2.35. The number of ether oxygens (including phenoxy) is 1. The fourth-order valence-electron chi connectivity index (χ4n) is 2.28. The molecule has 1 aliphatic carbocycles. The molecule has 0 radical (unpaired) electrons. The third-order valence-electron chi connectivity index (χ3n) is 4.31. The average molecular weight is 242 g/mol. The van der Waals surface area contributed by atoms with E-state index in [1.165, 1.54) is 26.4 Å². The van der Waals surface area contributed by atoms with Crippen molar-refractivity contribution in [3.05, 3.63) is 0 Å². The molecule has 0 amide bonds. The summed E-state index contributed by atoms with van der Waals surface area (Å²) in [6.45, 7) is 4.90. The van der Waals surface area contributed by atoms with Gasteiger partial charge in [-0.2, -0.15) is 0 Å². The molecule has 0 saturated heterocycles. The molecule has 2 unspecified atom stereocenters. The third kappa shape index (κ3) is 3.19. The van der Waals surface area contributed by atoms with Crippen molar-refractivity contribution in [3.63, 3.8) is 0 Å². The van der Waals surface area contributed by atoms with Crippen LogP contribution in [0.4, 0.5) is 0 Å². The summed E-state index contributed by atoms with van der Waals surface area (Å²) in [7, 11) is 5.71. The molecule has 0 spiro atoms. The standard InChI is InChI=1S/C13H26N2O2/c1-10(12(16)17-5)11(2)14-9-13(15(3)4)7-6-8-13/h10-11,14H,6-9H2,1-5H3. The summed E-state index contributed by atoms with van der Waals surface area (Å²) in [5.74, 6) is -0.239. The molecule has 0 aromatic heterocycles. The summed E-state index contributed by atoms with van der Waals surface area (Å²) in [5, 5.41) is 3.48. The SMILES string of the molecule is COC(=O)C(C)C(C)NCC1(N(C)C)CCC1. The Kier molecular flexibility index (Phi) is 4.95. The van der Waals surface area contributed by atoms with Crippen LogP contribution in [-0.4, -0.2) is 50.2 Å². The Hall–Kier alpha value is -0.610. The molecule has 4 nitrogen and oxygen atoms in total. The summed E-state index contributed by atoms with van der Waals surface area (Å²) < 4.78 is 4.76. The number of esters is 1. The Morgan fingerprint density at radius 1 is 1.41 bits per heavy atom. The molecule has 0 aromatic rings. The van der Waals surface area contributed by atoms with Gasteiger partial charge >= 0.3 is 5.97 Å². The molecule has 0 bridgehead atoms. The van der Waals surface area contributed by atoms with E-state index >= 15 is 0 Å². The Morgan fingerprint density at radius 2 is 2.00 bits per heavy atom.